The number of carbonyl (C=O) groups is 1. The zero-order chi connectivity index (χ0) is 65.8. The molecule has 2 aliphatic rings. The fourth-order valence-corrected chi connectivity index (χ4v) is 11.1. The number of aliphatic hydroxyl groups is 1. The first-order valence-electron chi connectivity index (χ1n) is 30.3. The summed E-state index contributed by atoms with van der Waals surface area (Å²) in [7, 11) is 2.75. The molecule has 494 valence electrons. The number of hydrogen-bond acceptors (Lipinski definition) is 11. The fourth-order valence-electron chi connectivity index (χ4n) is 9.58. The van der Waals surface area contributed by atoms with Crippen LogP contribution in [0.4, 0.5) is 20.4 Å². The van der Waals surface area contributed by atoms with Crippen LogP contribution in [0.15, 0.2) is 167 Å². The number of hydrogen-bond donors (Lipinski definition) is 1. The minimum Gasteiger partial charge on any atom is -0.397 e. The number of aliphatic hydroxyl groups excluding tert-OH is 1. The molecule has 11 nitrogen and oxygen atoms in total. The van der Waals surface area contributed by atoms with Gasteiger partial charge >= 0.3 is 5.92 Å². The molecule has 0 aliphatic carbocycles. The van der Waals surface area contributed by atoms with Gasteiger partial charge in [-0.2, -0.15) is 13.1 Å². The van der Waals surface area contributed by atoms with Gasteiger partial charge in [-0.15, -0.1) is 11.7 Å². The second-order valence-corrected chi connectivity index (χ2v) is 23.9. The SMILES string of the molecule is CC.CC.CCO.COCCN(CCOC)S(F)(F)F.Cc1cc(Br)ccc1C(=O)[C@H]1OC(COCc2ccccc2)[C@@H](C)CC1OCc1ccccc1.Cc1cc(Br)ccc1C(F)(F)[C@H]1OC(COCc2ccccc2)[C@@H](C)CC1OCc1ccccc1. The van der Waals surface area contributed by atoms with Crippen molar-refractivity contribution in [2.75, 3.05) is 60.3 Å². The van der Waals surface area contributed by atoms with Crippen LogP contribution in [0.25, 0.3) is 0 Å². The van der Waals surface area contributed by atoms with Crippen LogP contribution in [0.1, 0.15) is 111 Å². The van der Waals surface area contributed by atoms with E-state index in [2.05, 4.69) is 48.3 Å². The standard InChI is InChI=1S/C29H31BrF2O3.C29H31BrO4.C6H14F3NO2S.C2H6O.2C2H6/c1-20-15-24(30)13-14-25(20)29(31,32)28-26(34-18-23-11-7-4-8-12-23)16-21(2)27(35-28)19-33-17-22-9-5-3-6-10-22;1-20-15-24(30)13-14-25(20)28(31)29-26(33-18-23-11-7-4-8-12-23)16-21(2)27(34-29)19-32-17-22-9-5-3-6-10-22;1-11-5-3-10(4-6-12-2)13(7,8)9;1-2-3;2*1-2/h3-15,21,26-28H,16-19H2,1-2H3;3-15,21,26-27,29H,16-19H2,1-2H3;3-6H2,1-2H3;3H,2H2,1H3;2*1-2H3/t21-,26?,27?,28-;21-,26?,27?,29-;;;;/m00..../s1. The molecule has 2 saturated heterocycles. The lowest BCUT2D eigenvalue weighted by Crippen LogP contribution is -2.53. The maximum Gasteiger partial charge on any atom is 0.301 e. The van der Waals surface area contributed by atoms with Crippen molar-refractivity contribution in [3.8, 4) is 0 Å². The summed E-state index contributed by atoms with van der Waals surface area (Å²) in [5, 5.41) is 7.57. The molecule has 19 heteroatoms. The number of carbonyl (C=O) groups excluding carboxylic acids is 1. The summed E-state index contributed by atoms with van der Waals surface area (Å²) in [6.07, 6.45) is -2.62. The van der Waals surface area contributed by atoms with E-state index in [1.807, 2.05) is 181 Å². The number of alkyl halides is 2. The number of halogens is 7. The first kappa shape index (κ1) is 78.8. The van der Waals surface area contributed by atoms with E-state index in [4.69, 9.17) is 33.5 Å². The van der Waals surface area contributed by atoms with Gasteiger partial charge in [0.05, 0.1) is 77.3 Å². The van der Waals surface area contributed by atoms with Crippen molar-refractivity contribution in [3.05, 3.63) is 211 Å². The minimum absolute atomic E-state index is 0.00427. The highest BCUT2D eigenvalue weighted by atomic mass is 79.9. The molecule has 0 radical (unpaired) electrons. The molecular formula is C70H94Br2F5NO10S. The molecule has 0 saturated carbocycles. The third-order valence-corrected chi connectivity index (χ3v) is 16.1. The molecule has 6 aromatic carbocycles. The monoisotopic (exact) mass is 1390 g/mol. The van der Waals surface area contributed by atoms with Gasteiger partial charge in [0.2, 0.25) is 0 Å². The summed E-state index contributed by atoms with van der Waals surface area (Å²) in [6, 6.07) is 50.0. The van der Waals surface area contributed by atoms with Gasteiger partial charge in [0.1, 0.15) is 6.10 Å². The number of ketones is 1. The van der Waals surface area contributed by atoms with Gasteiger partial charge in [0.15, 0.2) is 11.9 Å². The van der Waals surface area contributed by atoms with E-state index < -0.39 is 41.7 Å². The summed E-state index contributed by atoms with van der Waals surface area (Å²) in [5.74, 6) is -3.07. The Morgan fingerprint density at radius 3 is 1.38 bits per heavy atom. The zero-order valence-corrected chi connectivity index (χ0v) is 57.4. The predicted octanol–water partition coefficient (Wildman–Crippen LogP) is 18.0. The smallest absolute Gasteiger partial charge is 0.301 e. The number of nitrogens with zero attached hydrogens (tertiary/aromatic N) is 1. The van der Waals surface area contributed by atoms with E-state index >= 15 is 8.78 Å². The van der Waals surface area contributed by atoms with E-state index in [1.165, 1.54) is 20.3 Å². The largest absolute Gasteiger partial charge is 0.397 e. The van der Waals surface area contributed by atoms with Crippen LogP contribution in [0.3, 0.4) is 0 Å². The molecule has 6 aromatic rings. The molecule has 0 amide bonds. The molecule has 0 spiro atoms. The zero-order valence-electron chi connectivity index (χ0n) is 53.4. The van der Waals surface area contributed by atoms with Crippen molar-refractivity contribution in [3.63, 3.8) is 0 Å². The van der Waals surface area contributed by atoms with Gasteiger partial charge in [0.25, 0.3) is 11.4 Å². The summed E-state index contributed by atoms with van der Waals surface area (Å²) >= 11 is 1.72. The van der Waals surface area contributed by atoms with Crippen molar-refractivity contribution in [1.82, 2.24) is 4.31 Å². The highest BCUT2D eigenvalue weighted by Gasteiger charge is 2.52. The Kier molecular flexibility index (Phi) is 38.4. The van der Waals surface area contributed by atoms with Crippen LogP contribution < -0.4 is 0 Å². The number of Topliss-reactive ketones (excluding diaryl/α,β-unsaturated/α-hetero) is 1. The Balaban J connectivity index is 0.000000360. The van der Waals surface area contributed by atoms with Crippen molar-refractivity contribution < 1.29 is 68.2 Å². The quantitative estimate of drug-likeness (QED) is 0.0436. The molecule has 4 unspecified atom stereocenters. The van der Waals surface area contributed by atoms with E-state index in [-0.39, 0.29) is 81.5 Å². The lowest BCUT2D eigenvalue weighted by molar-refractivity contribution is -0.255. The molecule has 2 aliphatic heterocycles. The Morgan fingerprint density at radius 1 is 0.596 bits per heavy atom. The van der Waals surface area contributed by atoms with Gasteiger partial charge in [-0.05, 0) is 109 Å². The summed E-state index contributed by atoms with van der Waals surface area (Å²) in [4.78, 5) is 13.6. The molecule has 89 heavy (non-hydrogen) atoms. The molecule has 0 bridgehead atoms. The molecule has 8 atom stereocenters. The van der Waals surface area contributed by atoms with Crippen molar-refractivity contribution in [1.29, 1.82) is 0 Å². The van der Waals surface area contributed by atoms with Crippen LogP contribution in [0, 0.1) is 25.7 Å². The Bertz CT molecular complexity index is 2810. The highest BCUT2D eigenvalue weighted by Crippen LogP contribution is 2.56. The fraction of sp³-hybridized carbons (Fsp3) is 0.471. The van der Waals surface area contributed by atoms with Gasteiger partial charge in [0, 0.05) is 54.0 Å². The molecule has 2 heterocycles. The Labute approximate surface area is 545 Å². The van der Waals surface area contributed by atoms with Crippen LogP contribution in [0.5, 0.6) is 0 Å². The van der Waals surface area contributed by atoms with E-state index in [9.17, 15) is 16.5 Å². The average molecular weight is 1400 g/mol. The maximum absolute atomic E-state index is 16.0. The van der Waals surface area contributed by atoms with Crippen LogP contribution in [-0.2, 0) is 70.2 Å². The summed E-state index contributed by atoms with van der Waals surface area (Å²) in [5.41, 5.74) is 6.22. The number of benzene rings is 6. The van der Waals surface area contributed by atoms with Gasteiger partial charge in [-0.25, -0.2) is 0 Å². The average Bonchev–Trinajstić information content (AvgIpc) is 0.915. The van der Waals surface area contributed by atoms with Crippen molar-refractivity contribution >= 4 is 49.0 Å². The predicted molar refractivity (Wildman–Crippen MR) is 355 cm³/mol. The Hall–Kier alpha value is -4.45. The molecule has 2 fully saturated rings. The summed E-state index contributed by atoms with van der Waals surface area (Å²) < 4.78 is 117. The topological polar surface area (TPSA) is 114 Å². The third kappa shape index (κ3) is 27.7. The maximum atomic E-state index is 16.0. The van der Waals surface area contributed by atoms with Gasteiger partial charge in [-0.1, -0.05) is 201 Å². The van der Waals surface area contributed by atoms with Crippen LogP contribution in [-0.4, -0.2) is 112 Å². The molecular weight excluding hydrogens is 1300 g/mol. The van der Waals surface area contributed by atoms with Crippen LogP contribution in [0.2, 0.25) is 0 Å². The normalized spacial score (nSPS) is 19.9. The Morgan fingerprint density at radius 2 is 0.978 bits per heavy atom. The van der Waals surface area contributed by atoms with Crippen molar-refractivity contribution in [2.24, 2.45) is 11.8 Å². The van der Waals surface area contributed by atoms with E-state index in [0.717, 1.165) is 43.2 Å². The molecule has 1 N–H and O–H groups in total. The minimum atomic E-state index is -5.14. The lowest BCUT2D eigenvalue weighted by Gasteiger charge is -2.43. The molecule has 0 aromatic heterocycles. The lowest BCUT2D eigenvalue weighted by atomic mass is 9.86. The highest BCUT2D eigenvalue weighted by molar-refractivity contribution is 9.10. The second-order valence-electron chi connectivity index (χ2n) is 20.8. The van der Waals surface area contributed by atoms with Gasteiger partial charge < -0.3 is 43.0 Å². The second kappa shape index (κ2) is 43.4. The first-order chi connectivity index (χ1) is 42.8. The van der Waals surface area contributed by atoms with Crippen LogP contribution >= 0.6 is 43.2 Å². The van der Waals surface area contributed by atoms with Crippen molar-refractivity contribution in [2.45, 2.75) is 144 Å². The summed E-state index contributed by atoms with van der Waals surface area (Å²) in [6.45, 7) is 19.9. The number of aryl methyl sites for hydroxylation is 2. The van der Waals surface area contributed by atoms with Gasteiger partial charge in [-0.3, -0.25) is 4.79 Å². The number of ether oxygens (including phenoxy) is 8. The molecule has 8 rings (SSSR count). The number of rotatable bonds is 25. The first-order valence-corrected chi connectivity index (χ1v) is 33.2. The number of methoxy groups -OCH3 is 2. The third-order valence-electron chi connectivity index (χ3n) is 14.2. The van der Waals surface area contributed by atoms with E-state index in [1.54, 1.807) is 26.0 Å². The van der Waals surface area contributed by atoms with E-state index in [0.29, 0.717) is 48.3 Å².